The molecule has 0 saturated carbocycles. The van der Waals surface area contributed by atoms with Crippen LogP contribution >= 0.6 is 0 Å². The minimum atomic E-state index is 0.826. The number of nitrogens with zero attached hydrogens (tertiary/aromatic N) is 4. The van der Waals surface area contributed by atoms with Gasteiger partial charge in [-0.3, -0.25) is 4.98 Å². The van der Waals surface area contributed by atoms with Gasteiger partial charge in [0.2, 0.25) is 0 Å². The zero-order valence-electron chi connectivity index (χ0n) is 12.1. The SMILES string of the molecule is CN(C)c1ccc(/N=N/c2ccc3ncccc3c2)cc1. The fourth-order valence-electron chi connectivity index (χ4n) is 2.06. The summed E-state index contributed by atoms with van der Waals surface area (Å²) in [6, 6.07) is 17.8. The highest BCUT2D eigenvalue weighted by molar-refractivity contribution is 5.81. The monoisotopic (exact) mass is 276 g/mol. The number of fused-ring (bicyclic) bond motifs is 1. The van der Waals surface area contributed by atoms with Crippen LogP contribution in [-0.4, -0.2) is 19.1 Å². The Morgan fingerprint density at radius 3 is 2.33 bits per heavy atom. The van der Waals surface area contributed by atoms with Gasteiger partial charge in [0.1, 0.15) is 0 Å². The Hall–Kier alpha value is -2.75. The number of pyridine rings is 1. The molecule has 0 amide bonds. The number of hydrogen-bond acceptors (Lipinski definition) is 4. The molecule has 21 heavy (non-hydrogen) atoms. The van der Waals surface area contributed by atoms with Gasteiger partial charge in [0.05, 0.1) is 16.9 Å². The first-order valence-corrected chi connectivity index (χ1v) is 6.76. The summed E-state index contributed by atoms with van der Waals surface area (Å²) >= 11 is 0. The van der Waals surface area contributed by atoms with Crippen LogP contribution in [0.2, 0.25) is 0 Å². The fraction of sp³-hybridized carbons (Fsp3) is 0.118. The summed E-state index contributed by atoms with van der Waals surface area (Å²) in [7, 11) is 4.03. The number of benzene rings is 2. The molecular formula is C17H16N4. The molecule has 0 bridgehead atoms. The summed E-state index contributed by atoms with van der Waals surface area (Å²) in [6.45, 7) is 0. The van der Waals surface area contributed by atoms with Crippen molar-refractivity contribution in [1.82, 2.24) is 4.98 Å². The number of rotatable bonds is 3. The topological polar surface area (TPSA) is 40.9 Å². The second-order valence-electron chi connectivity index (χ2n) is 4.99. The Kier molecular flexibility index (Phi) is 3.60. The van der Waals surface area contributed by atoms with Crippen molar-refractivity contribution in [2.24, 2.45) is 10.2 Å². The Labute approximate surface area is 123 Å². The Morgan fingerprint density at radius 2 is 1.57 bits per heavy atom. The summed E-state index contributed by atoms with van der Waals surface area (Å²) < 4.78 is 0. The Bertz CT molecular complexity index is 776. The van der Waals surface area contributed by atoms with Crippen LogP contribution in [0.5, 0.6) is 0 Å². The van der Waals surface area contributed by atoms with Gasteiger partial charge in [0.15, 0.2) is 0 Å². The molecule has 0 atom stereocenters. The average Bonchev–Trinajstić information content (AvgIpc) is 2.53. The van der Waals surface area contributed by atoms with E-state index in [0.717, 1.165) is 28.0 Å². The summed E-state index contributed by atoms with van der Waals surface area (Å²) in [5.41, 5.74) is 3.77. The molecule has 2 aromatic carbocycles. The highest BCUT2D eigenvalue weighted by Gasteiger charge is 1.97. The minimum Gasteiger partial charge on any atom is -0.378 e. The van der Waals surface area contributed by atoms with E-state index in [-0.39, 0.29) is 0 Å². The first-order chi connectivity index (χ1) is 10.2. The molecule has 0 radical (unpaired) electrons. The maximum Gasteiger partial charge on any atom is 0.0864 e. The molecule has 3 aromatic rings. The number of hydrogen-bond donors (Lipinski definition) is 0. The summed E-state index contributed by atoms with van der Waals surface area (Å²) in [4.78, 5) is 6.34. The van der Waals surface area contributed by atoms with E-state index in [9.17, 15) is 0 Å². The van der Waals surface area contributed by atoms with Crippen molar-refractivity contribution in [3.05, 3.63) is 60.8 Å². The maximum atomic E-state index is 4.29. The molecule has 0 N–H and O–H groups in total. The zero-order valence-corrected chi connectivity index (χ0v) is 12.1. The van der Waals surface area contributed by atoms with E-state index in [4.69, 9.17) is 0 Å². The zero-order chi connectivity index (χ0) is 14.7. The third-order valence-electron chi connectivity index (χ3n) is 3.23. The quantitative estimate of drug-likeness (QED) is 0.650. The molecule has 0 saturated heterocycles. The van der Waals surface area contributed by atoms with Crippen molar-refractivity contribution in [3.8, 4) is 0 Å². The van der Waals surface area contributed by atoms with Crippen molar-refractivity contribution < 1.29 is 0 Å². The van der Waals surface area contributed by atoms with Crippen LogP contribution in [0, 0.1) is 0 Å². The van der Waals surface area contributed by atoms with E-state index in [1.165, 1.54) is 0 Å². The molecule has 0 aliphatic heterocycles. The van der Waals surface area contributed by atoms with Gasteiger partial charge in [-0.1, -0.05) is 6.07 Å². The van der Waals surface area contributed by atoms with E-state index in [2.05, 4.69) is 20.1 Å². The summed E-state index contributed by atoms with van der Waals surface area (Å²) in [5.74, 6) is 0. The first-order valence-electron chi connectivity index (χ1n) is 6.76. The van der Waals surface area contributed by atoms with Crippen molar-refractivity contribution in [2.45, 2.75) is 0 Å². The molecule has 4 nitrogen and oxygen atoms in total. The Balaban J connectivity index is 1.83. The lowest BCUT2D eigenvalue weighted by Crippen LogP contribution is -2.07. The predicted octanol–water partition coefficient (Wildman–Crippen LogP) is 4.72. The molecule has 1 aromatic heterocycles. The van der Waals surface area contributed by atoms with Gasteiger partial charge in [-0.2, -0.15) is 10.2 Å². The van der Waals surface area contributed by atoms with E-state index in [1.807, 2.05) is 68.7 Å². The molecule has 0 fully saturated rings. The largest absolute Gasteiger partial charge is 0.378 e. The predicted molar refractivity (Wildman–Crippen MR) is 86.7 cm³/mol. The van der Waals surface area contributed by atoms with Crippen LogP contribution in [0.15, 0.2) is 71.0 Å². The van der Waals surface area contributed by atoms with Gasteiger partial charge in [0, 0.05) is 31.4 Å². The van der Waals surface area contributed by atoms with Crippen molar-refractivity contribution in [2.75, 3.05) is 19.0 Å². The van der Waals surface area contributed by atoms with E-state index < -0.39 is 0 Å². The summed E-state index contributed by atoms with van der Waals surface area (Å²) in [5, 5.41) is 9.62. The standard InChI is InChI=1S/C17H16N4/c1-21(2)16-8-5-14(6-9-16)19-20-15-7-10-17-13(12-15)4-3-11-18-17/h3-12H,1-2H3/b20-19+. The van der Waals surface area contributed by atoms with Crippen molar-refractivity contribution in [3.63, 3.8) is 0 Å². The highest BCUT2D eigenvalue weighted by atomic mass is 15.1. The van der Waals surface area contributed by atoms with Gasteiger partial charge >= 0.3 is 0 Å². The molecule has 0 aliphatic rings. The van der Waals surface area contributed by atoms with Crippen LogP contribution in [0.3, 0.4) is 0 Å². The van der Waals surface area contributed by atoms with E-state index >= 15 is 0 Å². The van der Waals surface area contributed by atoms with E-state index in [0.29, 0.717) is 0 Å². The maximum absolute atomic E-state index is 4.29. The second kappa shape index (κ2) is 5.71. The number of azo groups is 1. The Morgan fingerprint density at radius 1 is 0.857 bits per heavy atom. The average molecular weight is 276 g/mol. The molecule has 104 valence electrons. The van der Waals surface area contributed by atoms with Gasteiger partial charge in [-0.15, -0.1) is 0 Å². The van der Waals surface area contributed by atoms with Gasteiger partial charge in [0.25, 0.3) is 0 Å². The lowest BCUT2D eigenvalue weighted by atomic mass is 10.2. The third kappa shape index (κ3) is 3.05. The first kappa shape index (κ1) is 13.2. The molecular weight excluding hydrogens is 260 g/mol. The minimum absolute atomic E-state index is 0.826. The highest BCUT2D eigenvalue weighted by Crippen LogP contribution is 2.23. The van der Waals surface area contributed by atoms with Crippen LogP contribution in [0.1, 0.15) is 0 Å². The number of anilines is 1. The molecule has 4 heteroatoms. The van der Waals surface area contributed by atoms with E-state index in [1.54, 1.807) is 6.20 Å². The number of aromatic nitrogens is 1. The second-order valence-corrected chi connectivity index (χ2v) is 4.99. The fourth-order valence-corrected chi connectivity index (χ4v) is 2.06. The lowest BCUT2D eigenvalue weighted by molar-refractivity contribution is 1.13. The van der Waals surface area contributed by atoms with Crippen LogP contribution in [0.4, 0.5) is 17.1 Å². The molecule has 0 spiro atoms. The third-order valence-corrected chi connectivity index (χ3v) is 3.23. The van der Waals surface area contributed by atoms with Crippen molar-refractivity contribution >= 4 is 28.0 Å². The molecule has 3 rings (SSSR count). The molecule has 0 aliphatic carbocycles. The molecule has 0 unspecified atom stereocenters. The molecule has 1 heterocycles. The smallest absolute Gasteiger partial charge is 0.0864 e. The lowest BCUT2D eigenvalue weighted by Gasteiger charge is -2.11. The van der Waals surface area contributed by atoms with Crippen molar-refractivity contribution in [1.29, 1.82) is 0 Å². The van der Waals surface area contributed by atoms with Crippen LogP contribution in [-0.2, 0) is 0 Å². The van der Waals surface area contributed by atoms with Crippen LogP contribution < -0.4 is 4.90 Å². The van der Waals surface area contributed by atoms with Gasteiger partial charge in [-0.05, 0) is 48.5 Å². The van der Waals surface area contributed by atoms with Gasteiger partial charge in [-0.25, -0.2) is 0 Å². The normalized spacial score (nSPS) is 11.1. The van der Waals surface area contributed by atoms with Crippen LogP contribution in [0.25, 0.3) is 10.9 Å². The summed E-state index contributed by atoms with van der Waals surface area (Å²) in [6.07, 6.45) is 1.79. The van der Waals surface area contributed by atoms with Gasteiger partial charge < -0.3 is 4.90 Å².